The number of carbonyl (C=O) groups is 3. The predicted octanol–water partition coefficient (Wildman–Crippen LogP) is 23.9. The molecule has 6 nitrogen and oxygen atoms in total. The lowest BCUT2D eigenvalue weighted by molar-refractivity contribution is -0.167. The maximum absolute atomic E-state index is 12.9. The fraction of sp³-hybridized carbons (Fsp3) is 0.822. The van der Waals surface area contributed by atoms with E-state index in [4.69, 9.17) is 14.2 Å². The van der Waals surface area contributed by atoms with E-state index in [9.17, 15) is 14.4 Å². The second kappa shape index (κ2) is 67.6. The van der Waals surface area contributed by atoms with E-state index in [-0.39, 0.29) is 31.1 Å². The third-order valence-corrected chi connectivity index (χ3v) is 15.5. The largest absolute Gasteiger partial charge is 0.462 e. The summed E-state index contributed by atoms with van der Waals surface area (Å²) in [4.78, 5) is 38.2. The molecule has 0 saturated carbocycles. The van der Waals surface area contributed by atoms with Crippen LogP contribution in [0.2, 0.25) is 0 Å². The van der Waals surface area contributed by atoms with Crippen LogP contribution in [0.25, 0.3) is 0 Å². The first-order chi connectivity index (χ1) is 39.0. The number of carbonyl (C=O) groups excluding carboxylic acids is 3. The highest BCUT2D eigenvalue weighted by Gasteiger charge is 2.19. The average molecular weight is 1110 g/mol. The van der Waals surface area contributed by atoms with Gasteiger partial charge in [-0.15, -0.1) is 0 Å². The highest BCUT2D eigenvalue weighted by atomic mass is 16.6. The zero-order valence-corrected chi connectivity index (χ0v) is 52.9. The van der Waals surface area contributed by atoms with Gasteiger partial charge in [-0.05, 0) is 83.5 Å². The molecule has 0 rings (SSSR count). The first-order valence-electron chi connectivity index (χ1n) is 34.8. The van der Waals surface area contributed by atoms with Gasteiger partial charge in [0.2, 0.25) is 0 Å². The van der Waals surface area contributed by atoms with Crippen LogP contribution >= 0.6 is 0 Å². The molecule has 0 bridgehead atoms. The number of allylic oxidation sites excluding steroid dienone is 10. The first kappa shape index (κ1) is 76.1. The van der Waals surface area contributed by atoms with Crippen molar-refractivity contribution >= 4 is 17.9 Å². The molecule has 0 saturated heterocycles. The van der Waals surface area contributed by atoms with Gasteiger partial charge in [-0.3, -0.25) is 14.4 Å². The van der Waals surface area contributed by atoms with Gasteiger partial charge >= 0.3 is 17.9 Å². The Balaban J connectivity index is 4.03. The number of esters is 3. The van der Waals surface area contributed by atoms with Crippen LogP contribution < -0.4 is 0 Å². The molecule has 0 heterocycles. The van der Waals surface area contributed by atoms with E-state index < -0.39 is 6.10 Å². The zero-order chi connectivity index (χ0) is 57.1. The molecule has 0 aliphatic rings. The molecule has 6 heteroatoms. The van der Waals surface area contributed by atoms with Crippen molar-refractivity contribution in [3.8, 4) is 0 Å². The topological polar surface area (TPSA) is 78.9 Å². The highest BCUT2D eigenvalue weighted by molar-refractivity contribution is 5.71. The van der Waals surface area contributed by atoms with Crippen LogP contribution in [0.3, 0.4) is 0 Å². The Morgan fingerprint density at radius 2 is 0.494 bits per heavy atom. The van der Waals surface area contributed by atoms with Crippen LogP contribution in [0.4, 0.5) is 0 Å². The third-order valence-electron chi connectivity index (χ3n) is 15.5. The normalized spacial score (nSPS) is 12.4. The first-order valence-corrected chi connectivity index (χ1v) is 34.8. The van der Waals surface area contributed by atoms with Crippen LogP contribution in [0.1, 0.15) is 367 Å². The average Bonchev–Trinajstić information content (AvgIpc) is 3.45. The SMILES string of the molecule is CC/C=C\C/C=C\C/C=C\C/C=C\CCCCCCCCCCCCCCCCCCCCCCCCC(=O)OCC(COC(=O)CCCCCCCCCCCCC)OC(=O)CCCCCCC/C=C\CCCCCCCC. The number of rotatable bonds is 64. The van der Waals surface area contributed by atoms with Crippen molar-refractivity contribution in [1.29, 1.82) is 0 Å². The summed E-state index contributed by atoms with van der Waals surface area (Å²) in [5, 5.41) is 0. The number of ether oxygens (including phenoxy) is 3. The Kier molecular flexibility index (Phi) is 65.1. The second-order valence-electron chi connectivity index (χ2n) is 23.4. The van der Waals surface area contributed by atoms with E-state index in [0.717, 1.165) is 89.9 Å². The van der Waals surface area contributed by atoms with Gasteiger partial charge < -0.3 is 14.2 Å². The quantitative estimate of drug-likeness (QED) is 0.0261. The standard InChI is InChI=1S/C73H132O6/c1-4-7-10-13-16-19-22-24-26-27-28-29-30-31-32-33-34-35-36-37-38-39-40-41-42-43-44-45-47-48-51-54-57-60-63-66-72(75)78-69-70(68-77-71(74)65-62-59-56-53-50-21-18-15-12-9-6-3)79-73(76)67-64-61-58-55-52-49-46-25-23-20-17-14-11-8-5-2/h7,10,16,19,24-26,28-29,46,70H,4-6,8-9,11-15,17-18,20-23,27,30-45,47-69H2,1-3H3/b10-7-,19-16-,26-24-,29-28-,46-25-. The Morgan fingerprint density at radius 3 is 0.785 bits per heavy atom. The predicted molar refractivity (Wildman–Crippen MR) is 344 cm³/mol. The van der Waals surface area contributed by atoms with E-state index in [0.29, 0.717) is 19.3 Å². The maximum atomic E-state index is 12.9. The van der Waals surface area contributed by atoms with Crippen LogP contribution in [-0.4, -0.2) is 37.2 Å². The summed E-state index contributed by atoms with van der Waals surface area (Å²) in [5.41, 5.74) is 0. The van der Waals surface area contributed by atoms with Crippen molar-refractivity contribution in [2.45, 2.75) is 374 Å². The van der Waals surface area contributed by atoms with Crippen LogP contribution in [0, 0.1) is 0 Å². The summed E-state index contributed by atoms with van der Waals surface area (Å²) < 4.78 is 16.9. The molecule has 1 unspecified atom stereocenters. The van der Waals surface area contributed by atoms with Gasteiger partial charge in [0.15, 0.2) is 6.10 Å². The van der Waals surface area contributed by atoms with Gasteiger partial charge in [0, 0.05) is 19.3 Å². The van der Waals surface area contributed by atoms with Crippen molar-refractivity contribution in [1.82, 2.24) is 0 Å². The molecule has 0 amide bonds. The van der Waals surface area contributed by atoms with Crippen molar-refractivity contribution < 1.29 is 28.6 Å². The van der Waals surface area contributed by atoms with Crippen molar-refractivity contribution in [3.63, 3.8) is 0 Å². The van der Waals surface area contributed by atoms with E-state index in [1.807, 2.05) is 0 Å². The highest BCUT2D eigenvalue weighted by Crippen LogP contribution is 2.18. The molecule has 0 aromatic heterocycles. The van der Waals surface area contributed by atoms with Gasteiger partial charge in [-0.25, -0.2) is 0 Å². The summed E-state index contributed by atoms with van der Waals surface area (Å²) >= 11 is 0. The Morgan fingerprint density at radius 1 is 0.266 bits per heavy atom. The smallest absolute Gasteiger partial charge is 0.306 e. The summed E-state index contributed by atoms with van der Waals surface area (Å²) in [6.45, 7) is 6.56. The lowest BCUT2D eigenvalue weighted by atomic mass is 10.0. The monoisotopic (exact) mass is 1110 g/mol. The summed E-state index contributed by atoms with van der Waals surface area (Å²) in [6.07, 6.45) is 87.0. The van der Waals surface area contributed by atoms with Gasteiger partial charge in [-0.1, -0.05) is 326 Å². The molecular weight excluding hydrogens is 973 g/mol. The molecular formula is C73H132O6. The zero-order valence-electron chi connectivity index (χ0n) is 52.9. The maximum Gasteiger partial charge on any atom is 0.306 e. The number of hydrogen-bond donors (Lipinski definition) is 0. The molecule has 0 fully saturated rings. The lowest BCUT2D eigenvalue weighted by Crippen LogP contribution is -2.30. The molecule has 460 valence electrons. The van der Waals surface area contributed by atoms with Crippen LogP contribution in [-0.2, 0) is 28.6 Å². The molecule has 0 N–H and O–H groups in total. The van der Waals surface area contributed by atoms with Gasteiger partial charge in [-0.2, -0.15) is 0 Å². The Bertz CT molecular complexity index is 1410. The molecule has 0 radical (unpaired) electrons. The molecule has 0 aromatic rings. The van der Waals surface area contributed by atoms with Crippen molar-refractivity contribution in [2.75, 3.05) is 13.2 Å². The molecule has 79 heavy (non-hydrogen) atoms. The van der Waals surface area contributed by atoms with Gasteiger partial charge in [0.1, 0.15) is 13.2 Å². The summed E-state index contributed by atoms with van der Waals surface area (Å²) in [7, 11) is 0. The number of hydrogen-bond acceptors (Lipinski definition) is 6. The fourth-order valence-corrected chi connectivity index (χ4v) is 10.3. The third kappa shape index (κ3) is 65.8. The molecule has 0 spiro atoms. The molecule has 0 aliphatic carbocycles. The summed E-state index contributed by atoms with van der Waals surface area (Å²) in [6, 6.07) is 0. The molecule has 1 atom stereocenters. The van der Waals surface area contributed by atoms with E-state index in [2.05, 4.69) is 81.5 Å². The minimum Gasteiger partial charge on any atom is -0.462 e. The van der Waals surface area contributed by atoms with Crippen LogP contribution in [0.5, 0.6) is 0 Å². The molecule has 0 aliphatic heterocycles. The number of unbranched alkanes of at least 4 members (excludes halogenated alkanes) is 43. The van der Waals surface area contributed by atoms with E-state index in [1.54, 1.807) is 0 Å². The summed E-state index contributed by atoms with van der Waals surface area (Å²) in [5.74, 6) is -0.857. The van der Waals surface area contributed by atoms with Crippen molar-refractivity contribution in [2.24, 2.45) is 0 Å². The van der Waals surface area contributed by atoms with Crippen LogP contribution in [0.15, 0.2) is 60.8 Å². The molecule has 0 aromatic carbocycles. The fourth-order valence-electron chi connectivity index (χ4n) is 10.3. The van der Waals surface area contributed by atoms with E-state index in [1.165, 1.54) is 238 Å². The Labute approximate surface area is 491 Å². The van der Waals surface area contributed by atoms with Gasteiger partial charge in [0.25, 0.3) is 0 Å². The minimum absolute atomic E-state index is 0.0708. The van der Waals surface area contributed by atoms with E-state index >= 15 is 0 Å². The van der Waals surface area contributed by atoms with Crippen molar-refractivity contribution in [3.05, 3.63) is 60.8 Å². The minimum atomic E-state index is -0.773. The van der Waals surface area contributed by atoms with Gasteiger partial charge in [0.05, 0.1) is 0 Å². The Hall–Kier alpha value is -2.89. The second-order valence-corrected chi connectivity index (χ2v) is 23.4. The lowest BCUT2D eigenvalue weighted by Gasteiger charge is -2.18.